The summed E-state index contributed by atoms with van der Waals surface area (Å²) >= 11 is 0. The van der Waals surface area contributed by atoms with E-state index in [4.69, 9.17) is 0 Å². The van der Waals surface area contributed by atoms with Crippen LogP contribution in [0.2, 0.25) is 0 Å². The maximum Gasteiger partial charge on any atom is 0.0583 e. The summed E-state index contributed by atoms with van der Waals surface area (Å²) in [5.74, 6) is -0.280. The van der Waals surface area contributed by atoms with Gasteiger partial charge in [-0.1, -0.05) is 208 Å². The van der Waals surface area contributed by atoms with Crippen molar-refractivity contribution >= 4 is 78.4 Å². The minimum atomic E-state index is -0.0770. The lowest BCUT2D eigenvalue weighted by atomic mass is 9.59. The molecule has 0 bridgehead atoms. The number of anilines is 10. The van der Waals surface area contributed by atoms with Crippen LogP contribution >= 0.6 is 0 Å². The Morgan fingerprint density at radius 1 is 0.333 bits per heavy atom. The highest BCUT2D eigenvalue weighted by Gasteiger charge is 2.48. The Labute approximate surface area is 533 Å². The van der Waals surface area contributed by atoms with Crippen LogP contribution in [0.3, 0.4) is 0 Å². The Morgan fingerprint density at radius 2 is 0.678 bits per heavy atom. The molecule has 0 N–H and O–H groups in total. The molecule has 0 amide bonds. The van der Waals surface area contributed by atoms with Gasteiger partial charge in [0.1, 0.15) is 0 Å². The molecule has 4 unspecified atom stereocenters. The number of benzene rings is 10. The number of hydrogen-bond donors (Lipinski definition) is 0. The molecule has 10 aromatic rings. The van der Waals surface area contributed by atoms with E-state index in [1.807, 2.05) is 0 Å². The molecule has 14 rings (SSSR count). The summed E-state index contributed by atoms with van der Waals surface area (Å²) in [6, 6.07) is 73.2. The number of para-hydroxylation sites is 4. The van der Waals surface area contributed by atoms with Crippen molar-refractivity contribution in [2.75, 3.05) is 19.6 Å². The number of rotatable bonds is 12. The Balaban J connectivity index is 1.17. The lowest BCUT2D eigenvalue weighted by Gasteiger charge is -2.49. The van der Waals surface area contributed by atoms with Crippen LogP contribution in [0.5, 0.6) is 0 Å². The number of hydrogen-bond acceptors (Lipinski definition) is 4. The molecule has 4 nitrogen and oxygen atoms in total. The summed E-state index contributed by atoms with van der Waals surface area (Å²) in [5.41, 5.74) is 39.3. The molecule has 4 heteroatoms. The molecule has 0 heterocycles. The summed E-state index contributed by atoms with van der Waals surface area (Å²) in [7, 11) is 0. The molecule has 0 saturated heterocycles. The quantitative estimate of drug-likeness (QED) is 0.0687. The van der Waals surface area contributed by atoms with Gasteiger partial charge in [0, 0.05) is 91.1 Å². The minimum absolute atomic E-state index is 0.0629. The second-order valence-corrected chi connectivity index (χ2v) is 25.8. The number of fused-ring (bicyclic) bond motifs is 4. The van der Waals surface area contributed by atoms with E-state index in [9.17, 15) is 0 Å². The fourth-order valence-electron chi connectivity index (χ4n) is 16.0. The molecule has 4 aliphatic carbocycles. The topological polar surface area (TPSA) is 13.0 Å². The van der Waals surface area contributed by atoms with Crippen molar-refractivity contribution in [3.05, 3.63) is 319 Å². The maximum atomic E-state index is 3.46. The zero-order chi connectivity index (χ0) is 62.2. The number of aryl methyl sites for hydroxylation is 6. The Hall–Kier alpha value is -9.82. The van der Waals surface area contributed by atoms with Gasteiger partial charge >= 0.3 is 0 Å². The van der Waals surface area contributed by atoms with Crippen molar-refractivity contribution < 1.29 is 0 Å². The van der Waals surface area contributed by atoms with E-state index in [1.165, 1.54) is 145 Å². The lowest BCUT2D eigenvalue weighted by Crippen LogP contribution is -2.33. The van der Waals surface area contributed by atoms with Crippen molar-refractivity contribution in [2.24, 2.45) is 0 Å². The molecular weight excluding hydrogens is 1090 g/mol. The van der Waals surface area contributed by atoms with E-state index in [0.717, 1.165) is 35.5 Å². The molecule has 0 aliphatic heterocycles. The maximum absolute atomic E-state index is 3.46. The summed E-state index contributed by atoms with van der Waals surface area (Å²) < 4.78 is 0. The Bertz CT molecular complexity index is 4790. The van der Waals surface area contributed by atoms with Gasteiger partial charge in [-0.25, -0.2) is 0 Å². The van der Waals surface area contributed by atoms with Crippen molar-refractivity contribution in [3.8, 4) is 0 Å². The smallest absolute Gasteiger partial charge is 0.0583 e. The average Bonchev–Trinajstić information content (AvgIpc) is 0.708. The van der Waals surface area contributed by atoms with Crippen LogP contribution in [0, 0.1) is 41.5 Å². The first-order valence-electron chi connectivity index (χ1n) is 32.5. The molecular formula is C86H80N4. The third-order valence-corrected chi connectivity index (χ3v) is 20.1. The van der Waals surface area contributed by atoms with Crippen molar-refractivity contribution in [3.63, 3.8) is 0 Å². The second kappa shape index (κ2) is 23.3. The average molecular weight is 1170 g/mol. The van der Waals surface area contributed by atoms with Gasteiger partial charge in [-0.3, -0.25) is 0 Å². The SMILES string of the molecule is CC1=CCCC=C1N(c1cccc(C)c1)c1c2c(c(N(c3cccc(C)c3)c3ccccc3C)c3ccccc13)C(C)C1=C(C2C)C(C)c2c(c(N(c3ccccc3C)c3ccccc3C)c3ccccc3c2N(C2=C(C)C=C=C=C2)c2ccccc2C)C1C. The predicted molar refractivity (Wildman–Crippen MR) is 383 cm³/mol. The summed E-state index contributed by atoms with van der Waals surface area (Å²) in [4.78, 5) is 10.6. The van der Waals surface area contributed by atoms with Crippen LogP contribution < -0.4 is 19.6 Å². The van der Waals surface area contributed by atoms with E-state index < -0.39 is 0 Å². The lowest BCUT2D eigenvalue weighted by molar-refractivity contribution is 0.603. The third kappa shape index (κ3) is 9.43. The van der Waals surface area contributed by atoms with Gasteiger partial charge < -0.3 is 19.6 Å². The highest BCUT2D eigenvalue weighted by atomic mass is 15.2. The van der Waals surface area contributed by atoms with Gasteiger partial charge in [-0.15, -0.1) is 0 Å². The zero-order valence-corrected chi connectivity index (χ0v) is 54.3. The third-order valence-electron chi connectivity index (χ3n) is 20.1. The van der Waals surface area contributed by atoms with Crippen LogP contribution in [-0.2, 0) is 0 Å². The van der Waals surface area contributed by atoms with Crippen molar-refractivity contribution in [1.29, 1.82) is 0 Å². The first-order valence-corrected chi connectivity index (χ1v) is 32.5. The van der Waals surface area contributed by atoms with E-state index in [-0.39, 0.29) is 23.7 Å². The molecule has 0 radical (unpaired) electrons. The van der Waals surface area contributed by atoms with E-state index >= 15 is 0 Å². The van der Waals surface area contributed by atoms with Gasteiger partial charge in [0.2, 0.25) is 0 Å². The molecule has 444 valence electrons. The highest BCUT2D eigenvalue weighted by molar-refractivity contribution is 6.13. The molecule has 0 spiro atoms. The minimum Gasteiger partial charge on any atom is -0.310 e. The van der Waals surface area contributed by atoms with Gasteiger partial charge in [0.15, 0.2) is 0 Å². The van der Waals surface area contributed by atoms with Crippen LogP contribution in [0.15, 0.2) is 264 Å². The Morgan fingerprint density at radius 3 is 1.09 bits per heavy atom. The monoisotopic (exact) mass is 1170 g/mol. The molecule has 0 aromatic heterocycles. The fourth-order valence-corrected chi connectivity index (χ4v) is 16.0. The Kier molecular flexibility index (Phi) is 15.0. The van der Waals surface area contributed by atoms with Gasteiger partial charge in [0.25, 0.3) is 0 Å². The van der Waals surface area contributed by atoms with Crippen molar-refractivity contribution in [1.82, 2.24) is 0 Å². The zero-order valence-electron chi connectivity index (χ0n) is 54.3. The normalized spacial score (nSPS) is 17.5. The van der Waals surface area contributed by atoms with Crippen LogP contribution in [0.25, 0.3) is 21.5 Å². The van der Waals surface area contributed by atoms with Crippen LogP contribution in [0.4, 0.5) is 56.9 Å². The second-order valence-electron chi connectivity index (χ2n) is 25.8. The molecule has 0 saturated carbocycles. The fraction of sp³-hybridized carbons (Fsp3) is 0.209. The van der Waals surface area contributed by atoms with Gasteiger partial charge in [-0.2, -0.15) is 0 Å². The largest absolute Gasteiger partial charge is 0.310 e. The van der Waals surface area contributed by atoms with Gasteiger partial charge in [-0.05, 0) is 190 Å². The number of allylic oxidation sites excluding steroid dienone is 8. The summed E-state index contributed by atoms with van der Waals surface area (Å²) in [6.45, 7) is 28.4. The molecule has 0 fully saturated rings. The first-order chi connectivity index (χ1) is 43.7. The summed E-state index contributed by atoms with van der Waals surface area (Å²) in [5, 5.41) is 4.87. The van der Waals surface area contributed by atoms with Gasteiger partial charge in [0.05, 0.1) is 28.4 Å². The van der Waals surface area contributed by atoms with E-state index in [0.29, 0.717) is 0 Å². The predicted octanol–water partition coefficient (Wildman–Crippen LogP) is 24.3. The summed E-state index contributed by atoms with van der Waals surface area (Å²) in [6.07, 6.45) is 11.2. The van der Waals surface area contributed by atoms with E-state index in [1.54, 1.807) is 0 Å². The first kappa shape index (κ1) is 57.9. The van der Waals surface area contributed by atoms with E-state index in [2.05, 4.69) is 333 Å². The molecule has 90 heavy (non-hydrogen) atoms. The van der Waals surface area contributed by atoms with Crippen molar-refractivity contribution in [2.45, 2.75) is 120 Å². The molecule has 4 aliphatic rings. The highest BCUT2D eigenvalue weighted by Crippen LogP contribution is 2.67. The standard InChI is InChI=1S/C86H80N4/c1-53-31-29-39-65(51-53)87(71-45-23-13-33-55(71)3)83-67-41-19-20-42-68(67)84(88(66-40-30-32-54(2)52-66)72-46-24-14-34-56(72)4)80-62(10)78-64(12)82-81(63(11)77(78)61(9)79(80)83)85(89(73-47-25-15-35-57(73)5)74-48-26-16-36-58(74)6)69-43-21-22-44-70(69)86(82)90(75-49-27-17-37-59(75)7)76-50-28-18-38-60(76)8/h13,15-17,19-23,25-27,29-52,61-64H,14,24H2,1-12H3. The number of nitrogens with zero attached hydrogens (tertiary/aromatic N) is 4. The molecule has 4 atom stereocenters. The van der Waals surface area contributed by atoms with Crippen LogP contribution in [0.1, 0.15) is 134 Å². The van der Waals surface area contributed by atoms with Crippen LogP contribution in [-0.4, -0.2) is 0 Å². The molecule has 10 aromatic carbocycles.